The lowest BCUT2D eigenvalue weighted by molar-refractivity contribution is -0.0853. The summed E-state index contributed by atoms with van der Waals surface area (Å²) in [4.78, 5) is 11.8. The van der Waals surface area contributed by atoms with Crippen LogP contribution in [0.3, 0.4) is 0 Å². The molecule has 0 aromatic rings. The van der Waals surface area contributed by atoms with E-state index in [0.717, 1.165) is 6.54 Å². The van der Waals surface area contributed by atoms with Gasteiger partial charge in [0.2, 0.25) is 0 Å². The molecule has 2 rings (SSSR count). The zero-order chi connectivity index (χ0) is 14.0. The third kappa shape index (κ3) is 6.09. The highest BCUT2D eigenvalue weighted by atomic mass is 16.6. The van der Waals surface area contributed by atoms with Crippen molar-refractivity contribution in [1.29, 1.82) is 0 Å². The van der Waals surface area contributed by atoms with Crippen LogP contribution in [-0.2, 0) is 9.47 Å². The lowest BCUT2D eigenvalue weighted by Gasteiger charge is -2.24. The molecule has 5 heteroatoms. The number of amides is 2. The minimum absolute atomic E-state index is 0.00380. The lowest BCUT2D eigenvalue weighted by Crippen LogP contribution is -2.44. The molecule has 0 aromatic heterocycles. The third-order valence-corrected chi connectivity index (χ3v) is 4.15. The van der Waals surface area contributed by atoms with Crippen molar-refractivity contribution in [2.75, 3.05) is 32.9 Å². The largest absolute Gasteiger partial charge is 0.376 e. The topological polar surface area (TPSA) is 59.6 Å². The van der Waals surface area contributed by atoms with Gasteiger partial charge >= 0.3 is 6.03 Å². The van der Waals surface area contributed by atoms with Gasteiger partial charge in [0.15, 0.2) is 0 Å². The first-order valence-electron chi connectivity index (χ1n) is 8.05. The molecule has 0 radical (unpaired) electrons. The van der Waals surface area contributed by atoms with Crippen LogP contribution < -0.4 is 10.6 Å². The number of hydrogen-bond donors (Lipinski definition) is 2. The summed E-state index contributed by atoms with van der Waals surface area (Å²) in [6.45, 7) is 3.17. The summed E-state index contributed by atoms with van der Waals surface area (Å²) < 4.78 is 10.8. The molecule has 0 bridgehead atoms. The maximum atomic E-state index is 11.8. The Labute approximate surface area is 121 Å². The third-order valence-electron chi connectivity index (χ3n) is 4.15. The number of nitrogens with one attached hydrogen (secondary N) is 2. The van der Waals surface area contributed by atoms with Crippen LogP contribution in [0.5, 0.6) is 0 Å². The second kappa shape index (κ2) is 9.19. The number of urea groups is 1. The predicted octanol–water partition coefficient (Wildman–Crippen LogP) is 2.06. The molecule has 2 aliphatic rings. The van der Waals surface area contributed by atoms with E-state index in [9.17, 15) is 4.79 Å². The van der Waals surface area contributed by atoms with E-state index >= 15 is 0 Å². The van der Waals surface area contributed by atoms with Crippen molar-refractivity contribution < 1.29 is 14.3 Å². The van der Waals surface area contributed by atoms with Crippen molar-refractivity contribution >= 4 is 6.03 Å². The summed E-state index contributed by atoms with van der Waals surface area (Å²) in [7, 11) is 0. The van der Waals surface area contributed by atoms with Crippen molar-refractivity contribution in [3.63, 3.8) is 0 Å². The monoisotopic (exact) mass is 284 g/mol. The number of ether oxygens (including phenoxy) is 2. The summed E-state index contributed by atoms with van der Waals surface area (Å²) in [5.74, 6) is 0.648. The summed E-state index contributed by atoms with van der Waals surface area (Å²) >= 11 is 0. The van der Waals surface area contributed by atoms with Crippen molar-refractivity contribution in [1.82, 2.24) is 10.6 Å². The van der Waals surface area contributed by atoms with Gasteiger partial charge in [-0.3, -0.25) is 0 Å². The molecular weight excluding hydrogens is 256 g/mol. The van der Waals surface area contributed by atoms with Gasteiger partial charge in [-0.05, 0) is 18.8 Å². The Morgan fingerprint density at radius 3 is 2.35 bits per heavy atom. The summed E-state index contributed by atoms with van der Waals surface area (Å²) in [6, 6.07) is -0.0822. The fraction of sp³-hybridized carbons (Fsp3) is 0.933. The van der Waals surface area contributed by atoms with Crippen LogP contribution >= 0.6 is 0 Å². The molecular formula is C15H28N2O3. The minimum Gasteiger partial charge on any atom is -0.376 e. The van der Waals surface area contributed by atoms with E-state index in [2.05, 4.69) is 10.6 Å². The van der Waals surface area contributed by atoms with Crippen LogP contribution in [0, 0.1) is 5.92 Å². The smallest absolute Gasteiger partial charge is 0.314 e. The number of hydrogen-bond acceptors (Lipinski definition) is 3. The van der Waals surface area contributed by atoms with Crippen molar-refractivity contribution in [3.8, 4) is 0 Å². The highest BCUT2D eigenvalue weighted by Gasteiger charge is 2.16. The molecule has 1 aliphatic heterocycles. The molecule has 0 spiro atoms. The molecule has 1 saturated carbocycles. The van der Waals surface area contributed by atoms with Crippen LogP contribution in [0.2, 0.25) is 0 Å². The molecule has 0 unspecified atom stereocenters. The first-order chi connectivity index (χ1) is 9.84. The number of carbonyl (C=O) groups excluding carboxylic acids is 1. The van der Waals surface area contributed by atoms with E-state index in [4.69, 9.17) is 9.47 Å². The van der Waals surface area contributed by atoms with Crippen LogP contribution in [0.15, 0.2) is 0 Å². The van der Waals surface area contributed by atoms with Crippen molar-refractivity contribution in [3.05, 3.63) is 0 Å². The first-order valence-corrected chi connectivity index (χ1v) is 8.05. The lowest BCUT2D eigenvalue weighted by atomic mass is 9.91. The van der Waals surface area contributed by atoms with E-state index in [0.29, 0.717) is 32.3 Å². The fourth-order valence-corrected chi connectivity index (χ4v) is 2.91. The zero-order valence-corrected chi connectivity index (χ0v) is 12.4. The summed E-state index contributed by atoms with van der Waals surface area (Å²) in [6.07, 6.45) is 9.19. The van der Waals surface area contributed by atoms with Gasteiger partial charge in [0, 0.05) is 13.1 Å². The van der Waals surface area contributed by atoms with E-state index in [1.807, 2.05) is 0 Å². The average molecular weight is 284 g/mol. The molecule has 20 heavy (non-hydrogen) atoms. The van der Waals surface area contributed by atoms with E-state index in [1.165, 1.54) is 44.9 Å². The predicted molar refractivity (Wildman–Crippen MR) is 77.8 cm³/mol. The first kappa shape index (κ1) is 15.6. The van der Waals surface area contributed by atoms with Gasteiger partial charge in [-0.1, -0.05) is 32.1 Å². The highest BCUT2D eigenvalue weighted by Crippen LogP contribution is 2.21. The van der Waals surface area contributed by atoms with E-state index in [1.54, 1.807) is 0 Å². The van der Waals surface area contributed by atoms with Crippen LogP contribution in [0.1, 0.15) is 44.9 Å². The Bertz CT molecular complexity index is 272. The molecule has 116 valence electrons. The van der Waals surface area contributed by atoms with Crippen LogP contribution in [-0.4, -0.2) is 45.0 Å². The van der Waals surface area contributed by atoms with Crippen molar-refractivity contribution in [2.24, 2.45) is 5.92 Å². The summed E-state index contributed by atoms with van der Waals surface area (Å²) in [5, 5.41) is 5.86. The molecule has 1 aliphatic carbocycles. The molecule has 2 amide bonds. The molecule has 1 heterocycles. The molecule has 2 N–H and O–H groups in total. The van der Waals surface area contributed by atoms with Crippen molar-refractivity contribution in [2.45, 2.75) is 51.0 Å². The van der Waals surface area contributed by atoms with Gasteiger partial charge in [0.25, 0.3) is 0 Å². The fourth-order valence-electron chi connectivity index (χ4n) is 2.91. The molecule has 1 atom stereocenters. The quantitative estimate of drug-likeness (QED) is 0.831. The zero-order valence-electron chi connectivity index (χ0n) is 12.4. The standard InChI is InChI=1S/C15H28N2O3/c18-15(17-11-14-12-19-8-9-20-14)16-10-13-6-4-2-1-3-5-7-13/h13-14H,1-12H2,(H2,16,17,18)/t14-/m1/s1. The van der Waals surface area contributed by atoms with E-state index < -0.39 is 0 Å². The Hall–Kier alpha value is -0.810. The Kier molecular flexibility index (Phi) is 7.15. The molecule has 5 nitrogen and oxygen atoms in total. The van der Waals surface area contributed by atoms with Gasteiger partial charge < -0.3 is 20.1 Å². The maximum absolute atomic E-state index is 11.8. The highest BCUT2D eigenvalue weighted by molar-refractivity contribution is 5.73. The molecule has 0 aromatic carbocycles. The second-order valence-electron chi connectivity index (χ2n) is 5.87. The van der Waals surface area contributed by atoms with Gasteiger partial charge in [-0.25, -0.2) is 4.79 Å². The van der Waals surface area contributed by atoms with Gasteiger partial charge in [0.05, 0.1) is 25.9 Å². The Morgan fingerprint density at radius 2 is 1.65 bits per heavy atom. The molecule has 2 fully saturated rings. The number of carbonyl (C=O) groups is 1. The normalized spacial score (nSPS) is 25.5. The van der Waals surface area contributed by atoms with Crippen LogP contribution in [0.25, 0.3) is 0 Å². The van der Waals surface area contributed by atoms with Gasteiger partial charge in [-0.15, -0.1) is 0 Å². The van der Waals surface area contributed by atoms with Gasteiger partial charge in [-0.2, -0.15) is 0 Å². The minimum atomic E-state index is -0.0822. The summed E-state index contributed by atoms with van der Waals surface area (Å²) in [5.41, 5.74) is 0. The Morgan fingerprint density at radius 1 is 0.950 bits per heavy atom. The maximum Gasteiger partial charge on any atom is 0.314 e. The molecule has 1 saturated heterocycles. The average Bonchev–Trinajstić information content (AvgIpc) is 2.45. The Balaban J connectivity index is 1.56. The second-order valence-corrected chi connectivity index (χ2v) is 5.87. The van der Waals surface area contributed by atoms with E-state index in [-0.39, 0.29) is 12.1 Å². The number of rotatable bonds is 4. The SMILES string of the molecule is O=C(NCC1CCCCCCC1)NC[C@@H]1COCCO1. The van der Waals surface area contributed by atoms with Crippen LogP contribution in [0.4, 0.5) is 4.79 Å². The van der Waals surface area contributed by atoms with Gasteiger partial charge in [0.1, 0.15) is 0 Å².